The third-order valence-corrected chi connectivity index (χ3v) is 3.82. The molecule has 0 saturated heterocycles. The van der Waals surface area contributed by atoms with Crippen LogP contribution in [0.4, 0.5) is 26.3 Å². The number of hydrogen-bond donors (Lipinski definition) is 0. The summed E-state index contributed by atoms with van der Waals surface area (Å²) in [6.45, 7) is 0. The average molecular weight is 441 g/mol. The minimum atomic E-state index is -1.79. The standard InChI is InChI=1S/C16H4Cl2F6N2O2/c17-7-11(9(19)15(23)25-13(7)21)27-5-2-1-3-6(4-5)28-12-8(18)14(22)26-16(24)10(12)20/h1-4H. The van der Waals surface area contributed by atoms with Gasteiger partial charge in [0.1, 0.15) is 21.5 Å². The number of pyridine rings is 2. The molecule has 146 valence electrons. The van der Waals surface area contributed by atoms with E-state index in [1.807, 2.05) is 0 Å². The van der Waals surface area contributed by atoms with Crippen LogP contribution < -0.4 is 9.47 Å². The second-order valence-corrected chi connectivity index (χ2v) is 5.74. The van der Waals surface area contributed by atoms with E-state index in [1.165, 1.54) is 18.2 Å². The molecule has 2 aromatic heterocycles. The molecule has 0 N–H and O–H groups in total. The topological polar surface area (TPSA) is 44.2 Å². The highest BCUT2D eigenvalue weighted by Gasteiger charge is 2.23. The van der Waals surface area contributed by atoms with Gasteiger partial charge in [-0.3, -0.25) is 0 Å². The third-order valence-electron chi connectivity index (χ3n) is 3.16. The molecule has 0 bridgehead atoms. The van der Waals surface area contributed by atoms with Crippen LogP contribution >= 0.6 is 23.2 Å². The number of aromatic nitrogens is 2. The summed E-state index contributed by atoms with van der Waals surface area (Å²) in [4.78, 5) is 5.21. The zero-order valence-electron chi connectivity index (χ0n) is 13.0. The highest BCUT2D eigenvalue weighted by atomic mass is 35.5. The van der Waals surface area contributed by atoms with Crippen LogP contribution in [0.1, 0.15) is 0 Å². The van der Waals surface area contributed by atoms with Crippen molar-refractivity contribution in [3.05, 3.63) is 69.7 Å². The van der Waals surface area contributed by atoms with Crippen LogP contribution in [0.2, 0.25) is 10.0 Å². The van der Waals surface area contributed by atoms with Crippen LogP contribution in [-0.4, -0.2) is 9.97 Å². The molecule has 12 heteroatoms. The molecule has 0 aliphatic heterocycles. The number of ether oxygens (including phenoxy) is 2. The number of nitrogens with zero attached hydrogens (tertiary/aromatic N) is 2. The smallest absolute Gasteiger partial charge is 0.255 e. The largest absolute Gasteiger partial charge is 0.452 e. The Hall–Kier alpha value is -2.72. The summed E-state index contributed by atoms with van der Waals surface area (Å²) in [6, 6.07) is 4.62. The molecule has 0 spiro atoms. The van der Waals surface area contributed by atoms with Gasteiger partial charge in [-0.2, -0.15) is 36.3 Å². The van der Waals surface area contributed by atoms with Gasteiger partial charge in [0.2, 0.25) is 23.5 Å². The molecule has 0 radical (unpaired) electrons. The van der Waals surface area contributed by atoms with E-state index in [4.69, 9.17) is 32.7 Å². The van der Waals surface area contributed by atoms with Gasteiger partial charge in [-0.05, 0) is 12.1 Å². The molecule has 0 amide bonds. The fraction of sp³-hybridized carbons (Fsp3) is 0. The quantitative estimate of drug-likeness (QED) is 0.357. The lowest BCUT2D eigenvalue weighted by atomic mass is 10.3. The summed E-state index contributed by atoms with van der Waals surface area (Å²) in [6.07, 6.45) is 0. The SMILES string of the molecule is Fc1nc(F)c(Cl)c(Oc2cccc(Oc3c(F)c(F)nc(F)c3Cl)c2)c1F. The lowest BCUT2D eigenvalue weighted by Gasteiger charge is -2.12. The molecule has 0 aliphatic rings. The van der Waals surface area contributed by atoms with Crippen molar-refractivity contribution < 1.29 is 35.8 Å². The summed E-state index contributed by atoms with van der Waals surface area (Å²) in [7, 11) is 0. The molecule has 1 aromatic carbocycles. The van der Waals surface area contributed by atoms with Gasteiger partial charge in [-0.1, -0.05) is 29.3 Å². The zero-order chi connectivity index (χ0) is 20.6. The van der Waals surface area contributed by atoms with E-state index >= 15 is 0 Å². The van der Waals surface area contributed by atoms with Crippen LogP contribution in [0.15, 0.2) is 24.3 Å². The second-order valence-electron chi connectivity index (χ2n) is 4.98. The number of halogens is 8. The van der Waals surface area contributed by atoms with Gasteiger partial charge >= 0.3 is 0 Å². The molecule has 0 fully saturated rings. The maximum Gasteiger partial charge on any atom is 0.255 e. The first-order valence-electron chi connectivity index (χ1n) is 7.04. The van der Waals surface area contributed by atoms with Gasteiger partial charge < -0.3 is 9.47 Å². The molecular weight excluding hydrogens is 437 g/mol. The molecule has 0 aliphatic carbocycles. The van der Waals surface area contributed by atoms with Crippen molar-refractivity contribution in [3.8, 4) is 23.0 Å². The number of benzene rings is 1. The van der Waals surface area contributed by atoms with E-state index in [9.17, 15) is 26.3 Å². The van der Waals surface area contributed by atoms with E-state index in [0.717, 1.165) is 6.07 Å². The summed E-state index contributed by atoms with van der Waals surface area (Å²) in [5.41, 5.74) is 0. The molecule has 2 heterocycles. The summed E-state index contributed by atoms with van der Waals surface area (Å²) in [5.74, 6) is -12.5. The van der Waals surface area contributed by atoms with Gasteiger partial charge in [0.25, 0.3) is 11.9 Å². The van der Waals surface area contributed by atoms with Crippen molar-refractivity contribution >= 4 is 23.2 Å². The minimum absolute atomic E-state index is 0.269. The molecule has 4 nitrogen and oxygen atoms in total. The number of hydrogen-bond acceptors (Lipinski definition) is 4. The van der Waals surface area contributed by atoms with Crippen molar-refractivity contribution in [1.82, 2.24) is 9.97 Å². The maximum atomic E-state index is 13.8. The van der Waals surface area contributed by atoms with Crippen molar-refractivity contribution in [2.45, 2.75) is 0 Å². The molecule has 3 rings (SSSR count). The van der Waals surface area contributed by atoms with Gasteiger partial charge in [0.05, 0.1) is 0 Å². The normalized spacial score (nSPS) is 10.9. The van der Waals surface area contributed by atoms with Crippen molar-refractivity contribution in [3.63, 3.8) is 0 Å². The Morgan fingerprint density at radius 1 is 0.643 bits per heavy atom. The van der Waals surface area contributed by atoms with E-state index in [0.29, 0.717) is 0 Å². The highest BCUT2D eigenvalue weighted by Crippen LogP contribution is 2.38. The van der Waals surface area contributed by atoms with Gasteiger partial charge in [-0.15, -0.1) is 0 Å². The Bertz CT molecular complexity index is 950. The van der Waals surface area contributed by atoms with Crippen LogP contribution in [0.5, 0.6) is 23.0 Å². The first-order valence-corrected chi connectivity index (χ1v) is 7.80. The van der Waals surface area contributed by atoms with E-state index in [2.05, 4.69) is 9.97 Å². The molecule has 0 unspecified atom stereocenters. The fourth-order valence-electron chi connectivity index (χ4n) is 1.95. The Morgan fingerprint density at radius 2 is 1.04 bits per heavy atom. The Labute approximate surface area is 162 Å². The van der Waals surface area contributed by atoms with Crippen LogP contribution in [0, 0.1) is 35.4 Å². The van der Waals surface area contributed by atoms with Gasteiger partial charge in [-0.25, -0.2) is 0 Å². The molecule has 0 saturated carbocycles. The van der Waals surface area contributed by atoms with Crippen LogP contribution in [0.3, 0.4) is 0 Å². The lowest BCUT2D eigenvalue weighted by Crippen LogP contribution is -2.01. The summed E-state index contributed by atoms with van der Waals surface area (Å²) in [5, 5.41) is -1.87. The summed E-state index contributed by atoms with van der Waals surface area (Å²) >= 11 is 11.0. The van der Waals surface area contributed by atoms with Gasteiger partial charge in [0.15, 0.2) is 11.5 Å². The van der Waals surface area contributed by atoms with Crippen molar-refractivity contribution in [1.29, 1.82) is 0 Å². The predicted octanol–water partition coefficient (Wildman–Crippen LogP) is 6.20. The molecular formula is C16H4Cl2F6N2O2. The molecule has 3 aromatic rings. The summed E-state index contributed by atoms with van der Waals surface area (Å²) < 4.78 is 90.7. The molecule has 0 atom stereocenters. The van der Waals surface area contributed by atoms with Crippen LogP contribution in [-0.2, 0) is 0 Å². The first-order chi connectivity index (χ1) is 13.2. The van der Waals surface area contributed by atoms with E-state index < -0.39 is 57.0 Å². The van der Waals surface area contributed by atoms with E-state index in [1.54, 1.807) is 0 Å². The van der Waals surface area contributed by atoms with Crippen molar-refractivity contribution in [2.24, 2.45) is 0 Å². The maximum absolute atomic E-state index is 13.8. The monoisotopic (exact) mass is 440 g/mol. The van der Waals surface area contributed by atoms with Crippen molar-refractivity contribution in [2.75, 3.05) is 0 Å². The Balaban J connectivity index is 1.96. The zero-order valence-corrected chi connectivity index (χ0v) is 14.6. The minimum Gasteiger partial charge on any atom is -0.452 e. The first kappa shape index (κ1) is 20.0. The fourth-order valence-corrected chi connectivity index (χ4v) is 2.28. The third kappa shape index (κ3) is 3.78. The predicted molar refractivity (Wildman–Crippen MR) is 84.8 cm³/mol. The Kier molecular flexibility index (Phi) is 5.52. The Morgan fingerprint density at radius 3 is 1.43 bits per heavy atom. The number of rotatable bonds is 4. The molecule has 28 heavy (non-hydrogen) atoms. The van der Waals surface area contributed by atoms with E-state index in [-0.39, 0.29) is 11.5 Å². The second kappa shape index (κ2) is 7.72. The lowest BCUT2D eigenvalue weighted by molar-refractivity contribution is 0.379. The van der Waals surface area contributed by atoms with Gasteiger partial charge in [0, 0.05) is 6.07 Å². The highest BCUT2D eigenvalue weighted by molar-refractivity contribution is 6.32. The van der Waals surface area contributed by atoms with Crippen LogP contribution in [0.25, 0.3) is 0 Å². The average Bonchev–Trinajstić information content (AvgIpc) is 2.66.